The van der Waals surface area contributed by atoms with Crippen molar-refractivity contribution in [2.75, 3.05) is 19.8 Å². The molecule has 0 fully saturated rings. The average Bonchev–Trinajstić information content (AvgIpc) is 2.45. The largest absolute Gasteiger partial charge is 0.490 e. The van der Waals surface area contributed by atoms with Crippen molar-refractivity contribution in [3.63, 3.8) is 0 Å². The van der Waals surface area contributed by atoms with Crippen LogP contribution in [0.1, 0.15) is 33.1 Å². The number of aliphatic hydroxyl groups is 1. The molecule has 4 heteroatoms. The molecular weight excluding hydrogens is 242 g/mol. The summed E-state index contributed by atoms with van der Waals surface area (Å²) in [7, 11) is 0. The van der Waals surface area contributed by atoms with Gasteiger partial charge in [0.25, 0.3) is 0 Å². The molecule has 0 aliphatic rings. The van der Waals surface area contributed by atoms with E-state index in [0.29, 0.717) is 13.2 Å². The summed E-state index contributed by atoms with van der Waals surface area (Å²) in [5, 5.41) is 9.23. The van der Waals surface area contributed by atoms with E-state index in [4.69, 9.17) is 15.2 Å². The second-order valence-electron chi connectivity index (χ2n) is 4.71. The molecule has 3 N–H and O–H groups in total. The van der Waals surface area contributed by atoms with Crippen LogP contribution in [-0.2, 0) is 0 Å². The SMILES string of the molecule is CCOc1ccccc1OCCCC(N)(CC)CO. The van der Waals surface area contributed by atoms with Crippen LogP contribution in [0.3, 0.4) is 0 Å². The Bertz CT molecular complexity index is 364. The first-order valence-corrected chi connectivity index (χ1v) is 6.89. The second-order valence-corrected chi connectivity index (χ2v) is 4.71. The van der Waals surface area contributed by atoms with Crippen LogP contribution in [0.5, 0.6) is 11.5 Å². The number of benzene rings is 1. The standard InChI is InChI=1S/C15H25NO3/c1-3-15(16,12-17)10-7-11-19-14-9-6-5-8-13(14)18-4-2/h5-6,8-9,17H,3-4,7,10-12,16H2,1-2H3. The van der Waals surface area contributed by atoms with Crippen molar-refractivity contribution in [3.05, 3.63) is 24.3 Å². The van der Waals surface area contributed by atoms with Gasteiger partial charge in [0.15, 0.2) is 11.5 Å². The zero-order valence-corrected chi connectivity index (χ0v) is 11.9. The van der Waals surface area contributed by atoms with Crippen LogP contribution in [-0.4, -0.2) is 30.5 Å². The lowest BCUT2D eigenvalue weighted by Crippen LogP contribution is -2.43. The molecule has 0 saturated heterocycles. The molecule has 1 unspecified atom stereocenters. The van der Waals surface area contributed by atoms with Crippen LogP contribution < -0.4 is 15.2 Å². The van der Waals surface area contributed by atoms with E-state index in [9.17, 15) is 5.11 Å². The summed E-state index contributed by atoms with van der Waals surface area (Å²) in [4.78, 5) is 0. The lowest BCUT2D eigenvalue weighted by Gasteiger charge is -2.25. The fourth-order valence-electron chi connectivity index (χ4n) is 1.82. The number of aliphatic hydroxyl groups excluding tert-OH is 1. The fraction of sp³-hybridized carbons (Fsp3) is 0.600. The zero-order chi connectivity index (χ0) is 14.1. The summed E-state index contributed by atoms with van der Waals surface area (Å²) in [6.07, 6.45) is 2.32. The molecule has 4 nitrogen and oxygen atoms in total. The van der Waals surface area contributed by atoms with Crippen molar-refractivity contribution in [1.29, 1.82) is 0 Å². The highest BCUT2D eigenvalue weighted by Gasteiger charge is 2.20. The Morgan fingerprint density at radius 1 is 1.16 bits per heavy atom. The van der Waals surface area contributed by atoms with Gasteiger partial charge < -0.3 is 20.3 Å². The van der Waals surface area contributed by atoms with Gasteiger partial charge in [-0.05, 0) is 38.3 Å². The minimum Gasteiger partial charge on any atom is -0.490 e. The lowest BCUT2D eigenvalue weighted by atomic mass is 9.93. The fourth-order valence-corrected chi connectivity index (χ4v) is 1.82. The summed E-state index contributed by atoms with van der Waals surface area (Å²) >= 11 is 0. The number of hydrogen-bond acceptors (Lipinski definition) is 4. The summed E-state index contributed by atoms with van der Waals surface area (Å²) in [5.41, 5.74) is 5.54. The maximum absolute atomic E-state index is 9.23. The minimum absolute atomic E-state index is 0.0129. The maximum atomic E-state index is 9.23. The first-order valence-electron chi connectivity index (χ1n) is 6.89. The van der Waals surface area contributed by atoms with E-state index in [0.717, 1.165) is 30.8 Å². The molecule has 0 saturated carbocycles. The van der Waals surface area contributed by atoms with Crippen LogP contribution in [0.25, 0.3) is 0 Å². The van der Waals surface area contributed by atoms with Gasteiger partial charge in [0, 0.05) is 5.54 Å². The Morgan fingerprint density at radius 3 is 2.32 bits per heavy atom. The van der Waals surface area contributed by atoms with Crippen molar-refractivity contribution in [2.24, 2.45) is 5.73 Å². The van der Waals surface area contributed by atoms with Gasteiger partial charge in [0.1, 0.15) is 0 Å². The first kappa shape index (κ1) is 15.8. The number of rotatable bonds is 9. The van der Waals surface area contributed by atoms with E-state index in [1.807, 2.05) is 38.1 Å². The third-order valence-corrected chi connectivity index (χ3v) is 3.24. The molecule has 0 amide bonds. The maximum Gasteiger partial charge on any atom is 0.161 e. The minimum atomic E-state index is -0.483. The summed E-state index contributed by atoms with van der Waals surface area (Å²) in [6, 6.07) is 7.63. The molecule has 0 radical (unpaired) electrons. The summed E-state index contributed by atoms with van der Waals surface area (Å²) in [5.74, 6) is 1.52. The lowest BCUT2D eigenvalue weighted by molar-refractivity contribution is 0.170. The molecule has 0 aliphatic carbocycles. The van der Waals surface area contributed by atoms with Crippen molar-refractivity contribution in [2.45, 2.75) is 38.6 Å². The molecule has 0 spiro atoms. The Kier molecular flexibility index (Phi) is 6.67. The van der Waals surface area contributed by atoms with Gasteiger partial charge in [0.2, 0.25) is 0 Å². The molecule has 1 aromatic carbocycles. The quantitative estimate of drug-likeness (QED) is 0.674. The predicted octanol–water partition coefficient (Wildman–Crippen LogP) is 2.34. The van der Waals surface area contributed by atoms with Crippen LogP contribution in [0.4, 0.5) is 0 Å². The molecule has 1 rings (SSSR count). The normalized spacial score (nSPS) is 13.9. The number of ether oxygens (including phenoxy) is 2. The highest BCUT2D eigenvalue weighted by Crippen LogP contribution is 2.26. The molecule has 0 heterocycles. The number of hydrogen-bond donors (Lipinski definition) is 2. The molecule has 1 atom stereocenters. The van der Waals surface area contributed by atoms with Gasteiger partial charge in [-0.1, -0.05) is 19.1 Å². The van der Waals surface area contributed by atoms with E-state index >= 15 is 0 Å². The Labute approximate surface area is 115 Å². The number of para-hydroxylation sites is 2. The van der Waals surface area contributed by atoms with E-state index in [-0.39, 0.29) is 6.61 Å². The average molecular weight is 267 g/mol. The second kappa shape index (κ2) is 8.02. The summed E-state index contributed by atoms with van der Waals surface area (Å²) < 4.78 is 11.2. The Balaban J connectivity index is 2.41. The van der Waals surface area contributed by atoms with E-state index in [1.54, 1.807) is 0 Å². The van der Waals surface area contributed by atoms with Crippen molar-refractivity contribution >= 4 is 0 Å². The monoisotopic (exact) mass is 267 g/mol. The molecule has 0 aliphatic heterocycles. The first-order chi connectivity index (χ1) is 9.15. The number of nitrogens with two attached hydrogens (primary N) is 1. The predicted molar refractivity (Wildman–Crippen MR) is 76.6 cm³/mol. The van der Waals surface area contributed by atoms with E-state index < -0.39 is 5.54 Å². The summed E-state index contributed by atoms with van der Waals surface area (Å²) in [6.45, 7) is 5.14. The zero-order valence-electron chi connectivity index (χ0n) is 11.9. The smallest absolute Gasteiger partial charge is 0.161 e. The van der Waals surface area contributed by atoms with Gasteiger partial charge in [-0.25, -0.2) is 0 Å². The highest BCUT2D eigenvalue weighted by atomic mass is 16.5. The molecule has 0 aromatic heterocycles. The molecule has 0 bridgehead atoms. The van der Waals surface area contributed by atoms with Gasteiger partial charge in [-0.2, -0.15) is 0 Å². The van der Waals surface area contributed by atoms with E-state index in [2.05, 4.69) is 0 Å². The molecule has 1 aromatic rings. The van der Waals surface area contributed by atoms with Crippen LogP contribution in [0.2, 0.25) is 0 Å². The van der Waals surface area contributed by atoms with Crippen molar-refractivity contribution in [3.8, 4) is 11.5 Å². The van der Waals surface area contributed by atoms with Gasteiger partial charge in [-0.15, -0.1) is 0 Å². The van der Waals surface area contributed by atoms with Crippen molar-refractivity contribution < 1.29 is 14.6 Å². The van der Waals surface area contributed by atoms with Gasteiger partial charge in [0.05, 0.1) is 19.8 Å². The molecular formula is C15H25NO3. The van der Waals surface area contributed by atoms with Gasteiger partial charge in [-0.3, -0.25) is 0 Å². The topological polar surface area (TPSA) is 64.7 Å². The third kappa shape index (κ3) is 5.09. The van der Waals surface area contributed by atoms with Crippen LogP contribution in [0.15, 0.2) is 24.3 Å². The molecule has 108 valence electrons. The van der Waals surface area contributed by atoms with Crippen molar-refractivity contribution in [1.82, 2.24) is 0 Å². The Hall–Kier alpha value is -1.26. The third-order valence-electron chi connectivity index (χ3n) is 3.24. The highest BCUT2D eigenvalue weighted by molar-refractivity contribution is 5.39. The van der Waals surface area contributed by atoms with Gasteiger partial charge >= 0.3 is 0 Å². The van der Waals surface area contributed by atoms with Crippen LogP contribution >= 0.6 is 0 Å². The molecule has 19 heavy (non-hydrogen) atoms. The Morgan fingerprint density at radius 2 is 1.79 bits per heavy atom. The van der Waals surface area contributed by atoms with Crippen LogP contribution in [0, 0.1) is 0 Å². The van der Waals surface area contributed by atoms with E-state index in [1.165, 1.54) is 0 Å².